The minimum absolute atomic E-state index is 1.10. The Balaban J connectivity index is 0.000000162. The summed E-state index contributed by atoms with van der Waals surface area (Å²) in [5, 5.41) is 7.20. The zero-order valence-corrected chi connectivity index (χ0v) is 9.52. The summed E-state index contributed by atoms with van der Waals surface area (Å²) < 4.78 is 0. The first kappa shape index (κ1) is 10.6. The van der Waals surface area contributed by atoms with Crippen LogP contribution in [0.4, 0.5) is 5.69 Å². The van der Waals surface area contributed by atoms with Gasteiger partial charge in [-0.05, 0) is 16.8 Å². The quantitative estimate of drug-likeness (QED) is 0.729. The Morgan fingerprint density at radius 1 is 1.00 bits per heavy atom. The molecule has 80 valence electrons. The fraction of sp³-hybridized carbons (Fsp3) is 0. The van der Waals surface area contributed by atoms with Crippen LogP contribution in [0.2, 0.25) is 0 Å². The summed E-state index contributed by atoms with van der Waals surface area (Å²) in [4.78, 5) is 4.04. The monoisotopic (exact) mass is 228 g/mol. The van der Waals surface area contributed by atoms with Crippen molar-refractivity contribution < 1.29 is 0 Å². The largest absolute Gasteiger partial charge is 0.360 e. The Morgan fingerprint density at radius 3 is 2.56 bits per heavy atom. The number of aliphatic imine (C=N–C) groups is 1. The third-order valence-electron chi connectivity index (χ3n) is 2.00. The van der Waals surface area contributed by atoms with Gasteiger partial charge < -0.3 is 5.32 Å². The normalized spacial score (nSPS) is 11.8. The number of fused-ring (bicyclic) bond motifs is 1. The average molecular weight is 228 g/mol. The molecular formula is C13H12N2S. The predicted molar refractivity (Wildman–Crippen MR) is 71.1 cm³/mol. The van der Waals surface area contributed by atoms with Crippen LogP contribution in [0.3, 0.4) is 0 Å². The van der Waals surface area contributed by atoms with E-state index >= 15 is 0 Å². The molecule has 0 bridgehead atoms. The summed E-state index contributed by atoms with van der Waals surface area (Å²) in [7, 11) is 0. The molecule has 3 heteroatoms. The molecule has 0 spiro atoms. The zero-order valence-electron chi connectivity index (χ0n) is 8.71. The molecule has 0 unspecified atom stereocenters. The number of para-hydroxylation sites is 1. The highest BCUT2D eigenvalue weighted by Gasteiger charge is 1.96. The van der Waals surface area contributed by atoms with Crippen LogP contribution in [0.5, 0.6) is 0 Å². The molecule has 0 amide bonds. The number of benzene rings is 1. The first-order chi connectivity index (χ1) is 7.97. The summed E-state index contributed by atoms with van der Waals surface area (Å²) in [6.45, 7) is 0. The second kappa shape index (κ2) is 5.88. The maximum Gasteiger partial charge on any atom is 0.0469 e. The molecule has 2 heterocycles. The fourth-order valence-corrected chi connectivity index (χ4v) is 1.71. The van der Waals surface area contributed by atoms with E-state index < -0.39 is 0 Å². The number of nitrogens with one attached hydrogen (secondary N) is 1. The van der Waals surface area contributed by atoms with Gasteiger partial charge in [0.1, 0.15) is 0 Å². The molecule has 0 saturated heterocycles. The highest BCUT2D eigenvalue weighted by molar-refractivity contribution is 7.07. The van der Waals surface area contributed by atoms with Crippen molar-refractivity contribution >= 4 is 23.2 Å². The van der Waals surface area contributed by atoms with E-state index in [1.165, 1.54) is 0 Å². The van der Waals surface area contributed by atoms with Gasteiger partial charge >= 0.3 is 0 Å². The third kappa shape index (κ3) is 3.07. The standard InChI is InChI=1S/C9H8N2.C4H4S/c1-2-4-9-8(3-1)7-10-5-6-11-9;1-2-4-5-3-1/h1-7,11H;1-4H. The van der Waals surface area contributed by atoms with Gasteiger partial charge in [-0.25, -0.2) is 0 Å². The van der Waals surface area contributed by atoms with Crippen LogP contribution >= 0.6 is 11.3 Å². The van der Waals surface area contributed by atoms with Gasteiger partial charge in [0.25, 0.3) is 0 Å². The maximum absolute atomic E-state index is 4.04. The molecule has 2 aromatic rings. The molecule has 0 fully saturated rings. The fourth-order valence-electron chi connectivity index (χ4n) is 1.26. The lowest BCUT2D eigenvalue weighted by Crippen LogP contribution is -1.89. The van der Waals surface area contributed by atoms with Crippen LogP contribution in [0, 0.1) is 0 Å². The molecule has 0 atom stereocenters. The molecule has 1 aromatic carbocycles. The van der Waals surface area contributed by atoms with Crippen LogP contribution in [0.1, 0.15) is 5.56 Å². The number of nitrogens with zero attached hydrogens (tertiary/aromatic N) is 1. The Labute approximate surface area is 99.0 Å². The van der Waals surface area contributed by atoms with E-state index in [4.69, 9.17) is 0 Å². The Bertz CT molecular complexity index is 455. The molecule has 0 aliphatic carbocycles. The SMILES string of the molecule is C1=CNc2ccccc2C=N1.c1ccsc1. The van der Waals surface area contributed by atoms with E-state index in [1.807, 2.05) is 59.6 Å². The first-order valence-electron chi connectivity index (χ1n) is 4.98. The number of hydrogen-bond acceptors (Lipinski definition) is 3. The molecule has 0 radical (unpaired) electrons. The van der Waals surface area contributed by atoms with Crippen LogP contribution in [-0.4, -0.2) is 6.21 Å². The summed E-state index contributed by atoms with van der Waals surface area (Å²) in [5.41, 5.74) is 2.22. The van der Waals surface area contributed by atoms with Gasteiger partial charge in [-0.15, -0.1) is 0 Å². The van der Waals surface area contributed by atoms with Gasteiger partial charge in [-0.1, -0.05) is 30.3 Å². The number of anilines is 1. The van der Waals surface area contributed by atoms with Gasteiger partial charge in [0.2, 0.25) is 0 Å². The number of thiophene rings is 1. The van der Waals surface area contributed by atoms with Crippen molar-refractivity contribution in [1.29, 1.82) is 0 Å². The summed E-state index contributed by atoms with van der Waals surface area (Å²) in [5.74, 6) is 0. The third-order valence-corrected chi connectivity index (χ3v) is 2.63. The van der Waals surface area contributed by atoms with E-state index in [0.717, 1.165) is 11.3 Å². The lowest BCUT2D eigenvalue weighted by atomic mass is 10.2. The minimum atomic E-state index is 1.10. The van der Waals surface area contributed by atoms with Crippen LogP contribution < -0.4 is 5.32 Å². The smallest absolute Gasteiger partial charge is 0.0469 e. The lowest BCUT2D eigenvalue weighted by molar-refractivity contribution is 1.55. The van der Waals surface area contributed by atoms with Crippen molar-refractivity contribution in [2.75, 3.05) is 5.32 Å². The Morgan fingerprint density at radius 2 is 1.81 bits per heavy atom. The molecule has 1 N–H and O–H groups in total. The van der Waals surface area contributed by atoms with Gasteiger partial charge in [0, 0.05) is 29.9 Å². The number of hydrogen-bond donors (Lipinski definition) is 1. The predicted octanol–water partition coefficient (Wildman–Crippen LogP) is 3.75. The summed E-state index contributed by atoms with van der Waals surface area (Å²) in [6.07, 6.45) is 5.40. The van der Waals surface area contributed by atoms with Crippen molar-refractivity contribution in [2.45, 2.75) is 0 Å². The Kier molecular flexibility index (Phi) is 3.91. The second-order valence-corrected chi connectivity index (χ2v) is 3.94. The van der Waals surface area contributed by atoms with Gasteiger partial charge in [0.05, 0.1) is 0 Å². The molecule has 1 aliphatic rings. The number of rotatable bonds is 0. The van der Waals surface area contributed by atoms with Crippen LogP contribution in [0.25, 0.3) is 0 Å². The van der Waals surface area contributed by atoms with Crippen molar-refractivity contribution in [3.8, 4) is 0 Å². The Hall–Kier alpha value is -1.87. The van der Waals surface area contributed by atoms with Crippen molar-refractivity contribution in [2.24, 2.45) is 4.99 Å². The highest BCUT2D eigenvalue weighted by Crippen LogP contribution is 2.13. The molecule has 2 nitrogen and oxygen atoms in total. The van der Waals surface area contributed by atoms with Crippen LogP contribution in [-0.2, 0) is 0 Å². The molecule has 0 saturated carbocycles. The molecule has 3 rings (SSSR count). The first-order valence-corrected chi connectivity index (χ1v) is 5.92. The average Bonchev–Trinajstić information content (AvgIpc) is 2.81. The van der Waals surface area contributed by atoms with Crippen molar-refractivity contribution in [1.82, 2.24) is 0 Å². The molecular weight excluding hydrogens is 216 g/mol. The zero-order chi connectivity index (χ0) is 11.1. The van der Waals surface area contributed by atoms with E-state index in [1.54, 1.807) is 17.5 Å². The van der Waals surface area contributed by atoms with Gasteiger partial charge in [-0.3, -0.25) is 4.99 Å². The van der Waals surface area contributed by atoms with E-state index in [-0.39, 0.29) is 0 Å². The van der Waals surface area contributed by atoms with E-state index in [9.17, 15) is 0 Å². The molecule has 1 aliphatic heterocycles. The molecule has 16 heavy (non-hydrogen) atoms. The van der Waals surface area contributed by atoms with Gasteiger partial charge in [0.15, 0.2) is 0 Å². The van der Waals surface area contributed by atoms with Crippen LogP contribution in [0.15, 0.2) is 64.6 Å². The maximum atomic E-state index is 4.04. The van der Waals surface area contributed by atoms with Gasteiger partial charge in [-0.2, -0.15) is 11.3 Å². The minimum Gasteiger partial charge on any atom is -0.360 e. The van der Waals surface area contributed by atoms with Crippen molar-refractivity contribution in [3.63, 3.8) is 0 Å². The topological polar surface area (TPSA) is 24.4 Å². The lowest BCUT2D eigenvalue weighted by Gasteiger charge is -2.01. The van der Waals surface area contributed by atoms with E-state index in [2.05, 4.69) is 10.3 Å². The second-order valence-electron chi connectivity index (χ2n) is 3.12. The van der Waals surface area contributed by atoms with Crippen molar-refractivity contribution in [3.05, 3.63) is 65.1 Å². The molecule has 1 aromatic heterocycles. The summed E-state index contributed by atoms with van der Waals surface area (Å²) in [6, 6.07) is 12.1. The highest BCUT2D eigenvalue weighted by atomic mass is 32.1. The summed E-state index contributed by atoms with van der Waals surface area (Å²) >= 11 is 1.71. The van der Waals surface area contributed by atoms with E-state index in [0.29, 0.717) is 0 Å².